The number of carboxylic acid groups (broad SMARTS) is 1. The molecule has 5 rings (SSSR count). The van der Waals surface area contributed by atoms with E-state index in [-0.39, 0.29) is 30.7 Å². The number of fused-ring (bicyclic) bond motifs is 1. The quantitative estimate of drug-likeness (QED) is 0.155. The summed E-state index contributed by atoms with van der Waals surface area (Å²) in [5.74, 6) is -0.749. The lowest BCUT2D eigenvalue weighted by Gasteiger charge is -2.23. The molecule has 2 fully saturated rings. The van der Waals surface area contributed by atoms with Crippen LogP contribution in [0, 0.1) is 0 Å². The number of imidazole rings is 1. The van der Waals surface area contributed by atoms with Crippen molar-refractivity contribution >= 4 is 40.5 Å². The number of halogens is 1. The summed E-state index contributed by atoms with van der Waals surface area (Å²) in [6.07, 6.45) is 3.75. The summed E-state index contributed by atoms with van der Waals surface area (Å²) in [7, 11) is 0. The van der Waals surface area contributed by atoms with Gasteiger partial charge in [0.25, 0.3) is 5.91 Å². The van der Waals surface area contributed by atoms with Gasteiger partial charge in [0.2, 0.25) is 0 Å². The molecule has 0 radical (unpaired) electrons. The fraction of sp³-hybridized carbons (Fsp3) is 0.480. The number of anilines is 1. The Balaban J connectivity index is 1.30. The minimum absolute atomic E-state index is 0.134. The van der Waals surface area contributed by atoms with E-state index in [2.05, 4.69) is 35.6 Å². The van der Waals surface area contributed by atoms with Crippen molar-refractivity contribution < 1.29 is 29.3 Å². The maximum atomic E-state index is 12.4. The third-order valence-corrected chi connectivity index (χ3v) is 7.33. The molecule has 1 saturated heterocycles. The average molecular weight is 586 g/mol. The molecule has 1 aliphatic carbocycles. The van der Waals surface area contributed by atoms with Crippen LogP contribution in [0.3, 0.4) is 0 Å². The third-order valence-electron chi connectivity index (χ3n) is 7.10. The molecule has 0 bridgehead atoms. The Bertz CT molecular complexity index is 1470. The van der Waals surface area contributed by atoms with Crippen LogP contribution in [-0.2, 0) is 20.9 Å². The van der Waals surface area contributed by atoms with Gasteiger partial charge in [0, 0.05) is 28.1 Å². The van der Waals surface area contributed by atoms with Crippen LogP contribution in [0.15, 0.2) is 36.0 Å². The summed E-state index contributed by atoms with van der Waals surface area (Å²) >= 11 is 6.23. The zero-order valence-electron chi connectivity index (χ0n) is 21.8. The molecule has 41 heavy (non-hydrogen) atoms. The zero-order valence-corrected chi connectivity index (χ0v) is 22.5. The summed E-state index contributed by atoms with van der Waals surface area (Å²) < 4.78 is 12.7. The van der Waals surface area contributed by atoms with Gasteiger partial charge in [-0.2, -0.15) is 0 Å². The first kappa shape index (κ1) is 28.4. The number of carbonyl (C=O) groups excluding carboxylic acids is 1. The van der Waals surface area contributed by atoms with Crippen molar-refractivity contribution in [3.05, 3.63) is 51.9 Å². The number of carbonyl (C=O) groups is 2. The van der Waals surface area contributed by atoms with Crippen LogP contribution >= 0.6 is 11.6 Å². The number of hydrogen-bond acceptors (Lipinski definition) is 10. The highest BCUT2D eigenvalue weighted by Crippen LogP contribution is 2.34. The number of rotatable bonds is 10. The molecule has 1 aliphatic heterocycles. The van der Waals surface area contributed by atoms with Crippen molar-refractivity contribution in [2.24, 2.45) is 5.11 Å². The molecule has 1 amide bonds. The number of aliphatic carboxylic acids is 1. The Morgan fingerprint density at radius 1 is 1.24 bits per heavy atom. The highest BCUT2D eigenvalue weighted by Gasteiger charge is 2.48. The number of hydrogen-bond donors (Lipinski definition) is 4. The van der Waals surface area contributed by atoms with Gasteiger partial charge in [-0.3, -0.25) is 9.36 Å². The van der Waals surface area contributed by atoms with Gasteiger partial charge >= 0.3 is 5.97 Å². The van der Waals surface area contributed by atoms with E-state index in [4.69, 9.17) is 26.6 Å². The molecular formula is C25H28ClN9O6. The highest BCUT2D eigenvalue weighted by molar-refractivity contribution is 6.30. The van der Waals surface area contributed by atoms with Crippen LogP contribution < -0.4 is 15.4 Å². The molecule has 1 aromatic carbocycles. The Hall–Kier alpha value is -4.17. The molecule has 3 aromatic rings. The first-order valence-corrected chi connectivity index (χ1v) is 13.5. The third kappa shape index (κ3) is 6.28. The Morgan fingerprint density at radius 2 is 2.05 bits per heavy atom. The van der Waals surface area contributed by atoms with Crippen LogP contribution in [0.4, 0.5) is 5.82 Å². The second kappa shape index (κ2) is 12.6. The standard InChI is InChI=1S/C25H28ClN9O6/c26-14-6-7-16(40-10-17(36)32-15-4-2-1-3-5-15)13(8-14)9-28-22-19-23(30-11-29-22)35(12-31-19)24-20(37)18(33-34-27)21(41-24)25(38)39/h6-8,11-12,15,18,20-21,24,37H,1-5,9-10H2,(H,32,36)(H,38,39)(H,28,29,30). The maximum absolute atomic E-state index is 12.4. The minimum Gasteiger partial charge on any atom is -0.483 e. The number of carboxylic acids is 1. The van der Waals surface area contributed by atoms with Gasteiger partial charge in [-0.05, 0) is 36.6 Å². The van der Waals surface area contributed by atoms with Crippen molar-refractivity contribution in [2.75, 3.05) is 11.9 Å². The molecule has 0 spiro atoms. The van der Waals surface area contributed by atoms with Gasteiger partial charge in [-0.15, -0.1) is 0 Å². The van der Waals surface area contributed by atoms with E-state index >= 15 is 0 Å². The fourth-order valence-corrected chi connectivity index (χ4v) is 5.31. The van der Waals surface area contributed by atoms with Gasteiger partial charge < -0.3 is 30.3 Å². The Kier molecular flexibility index (Phi) is 8.69. The minimum atomic E-state index is -1.55. The monoisotopic (exact) mass is 585 g/mol. The highest BCUT2D eigenvalue weighted by atomic mass is 35.5. The summed E-state index contributed by atoms with van der Waals surface area (Å²) in [6.45, 7) is 0.0763. The number of aromatic nitrogens is 4. The number of aliphatic hydroxyl groups excluding tert-OH is 1. The molecule has 4 unspecified atom stereocenters. The van der Waals surface area contributed by atoms with Crippen LogP contribution in [0.2, 0.25) is 5.02 Å². The lowest BCUT2D eigenvalue weighted by molar-refractivity contribution is -0.152. The molecule has 15 nitrogen and oxygen atoms in total. The van der Waals surface area contributed by atoms with Crippen molar-refractivity contribution in [3.63, 3.8) is 0 Å². The molecule has 1 saturated carbocycles. The van der Waals surface area contributed by atoms with Crippen LogP contribution in [0.25, 0.3) is 21.6 Å². The average Bonchev–Trinajstić information content (AvgIpc) is 3.53. The van der Waals surface area contributed by atoms with Gasteiger partial charge in [0.05, 0.1) is 6.33 Å². The van der Waals surface area contributed by atoms with Crippen LogP contribution in [0.5, 0.6) is 5.75 Å². The van der Waals surface area contributed by atoms with E-state index in [1.54, 1.807) is 18.2 Å². The Morgan fingerprint density at radius 3 is 2.80 bits per heavy atom. The van der Waals surface area contributed by atoms with Crippen LogP contribution in [0.1, 0.15) is 43.9 Å². The van der Waals surface area contributed by atoms with Crippen molar-refractivity contribution in [1.29, 1.82) is 0 Å². The second-order valence-corrected chi connectivity index (χ2v) is 10.3. The van der Waals surface area contributed by atoms with E-state index in [1.807, 2.05) is 0 Å². The molecule has 216 valence electrons. The van der Waals surface area contributed by atoms with Gasteiger partial charge in [0.15, 0.2) is 35.9 Å². The molecular weight excluding hydrogens is 558 g/mol. The largest absolute Gasteiger partial charge is 0.483 e. The molecule has 3 heterocycles. The topological polar surface area (TPSA) is 209 Å². The number of nitrogens with zero attached hydrogens (tertiary/aromatic N) is 7. The fourth-order valence-electron chi connectivity index (χ4n) is 5.11. The second-order valence-electron chi connectivity index (χ2n) is 9.81. The van der Waals surface area contributed by atoms with Crippen molar-refractivity contribution in [2.45, 2.75) is 69.2 Å². The van der Waals surface area contributed by atoms with E-state index in [0.29, 0.717) is 27.7 Å². The predicted octanol–water partition coefficient (Wildman–Crippen LogP) is 2.94. The molecule has 4 N–H and O–H groups in total. The molecule has 16 heteroatoms. The molecule has 4 atom stereocenters. The van der Waals surface area contributed by atoms with Gasteiger partial charge in [-0.25, -0.2) is 19.7 Å². The Labute approximate surface area is 238 Å². The molecule has 2 aromatic heterocycles. The van der Waals surface area contributed by atoms with E-state index in [9.17, 15) is 19.8 Å². The van der Waals surface area contributed by atoms with E-state index in [1.165, 1.54) is 23.6 Å². The summed E-state index contributed by atoms with van der Waals surface area (Å²) in [5.41, 5.74) is 10.0. The number of ether oxygens (including phenoxy) is 2. The first-order valence-electron chi connectivity index (χ1n) is 13.1. The number of aliphatic hydroxyl groups is 1. The zero-order chi connectivity index (χ0) is 28.9. The smallest absolute Gasteiger partial charge is 0.333 e. The van der Waals surface area contributed by atoms with Gasteiger partial charge in [-0.1, -0.05) is 36.0 Å². The lowest BCUT2D eigenvalue weighted by atomic mass is 9.95. The van der Waals surface area contributed by atoms with E-state index in [0.717, 1.165) is 25.7 Å². The normalized spacial score (nSPS) is 22.7. The first-order chi connectivity index (χ1) is 19.9. The SMILES string of the molecule is [N-]=[N+]=NC1C(C(=O)O)OC(n2cnc3c(NCc4cc(Cl)ccc4OCC(=O)NC4CCCCC4)ncnc32)C1O. The predicted molar refractivity (Wildman–Crippen MR) is 145 cm³/mol. The summed E-state index contributed by atoms with van der Waals surface area (Å²) in [4.78, 5) is 39.5. The summed E-state index contributed by atoms with van der Waals surface area (Å²) in [6, 6.07) is 3.91. The lowest BCUT2D eigenvalue weighted by Crippen LogP contribution is -2.39. The number of amides is 1. The van der Waals surface area contributed by atoms with Gasteiger partial charge in [0.1, 0.15) is 24.2 Å². The van der Waals surface area contributed by atoms with Crippen molar-refractivity contribution in [3.8, 4) is 5.75 Å². The molecule has 2 aliphatic rings. The van der Waals surface area contributed by atoms with E-state index < -0.39 is 30.4 Å². The van der Waals surface area contributed by atoms with Crippen molar-refractivity contribution in [1.82, 2.24) is 24.8 Å². The number of nitrogens with one attached hydrogen (secondary N) is 2. The number of benzene rings is 1. The van der Waals surface area contributed by atoms with Crippen LogP contribution in [-0.4, -0.2) is 72.5 Å². The number of azide groups is 1. The summed E-state index contributed by atoms with van der Waals surface area (Å²) in [5, 5.41) is 30.2. The maximum Gasteiger partial charge on any atom is 0.333 e.